The Kier molecular flexibility index (Phi) is 4.12. The standard InChI is InChI=1S/C14H20N4O2/c1-17-14(20)9-5-6-11(10(15)8-9)18-7-3-2-4-12(18)13(16)19/h5-6,8,12H,2-4,7,15H2,1H3,(H2,16,19)(H,17,20). The Morgan fingerprint density at radius 1 is 1.35 bits per heavy atom. The second kappa shape index (κ2) is 5.81. The van der Waals surface area contributed by atoms with Gasteiger partial charge >= 0.3 is 0 Å². The number of nitrogens with zero attached hydrogens (tertiary/aromatic N) is 1. The number of nitrogens with one attached hydrogen (secondary N) is 1. The molecule has 0 aromatic heterocycles. The Morgan fingerprint density at radius 3 is 2.70 bits per heavy atom. The molecule has 2 amide bonds. The third-order valence-electron chi connectivity index (χ3n) is 3.66. The molecule has 0 radical (unpaired) electrons. The van der Waals surface area contributed by atoms with E-state index in [2.05, 4.69) is 5.32 Å². The van der Waals surface area contributed by atoms with Gasteiger partial charge in [0.1, 0.15) is 6.04 Å². The second-order valence-corrected chi connectivity index (χ2v) is 4.96. The van der Waals surface area contributed by atoms with E-state index in [9.17, 15) is 9.59 Å². The fourth-order valence-corrected chi connectivity index (χ4v) is 2.62. The van der Waals surface area contributed by atoms with E-state index in [0.717, 1.165) is 31.5 Å². The first-order valence-electron chi connectivity index (χ1n) is 6.72. The molecule has 2 rings (SSSR count). The van der Waals surface area contributed by atoms with Crippen LogP contribution in [0.3, 0.4) is 0 Å². The topological polar surface area (TPSA) is 101 Å². The number of carbonyl (C=O) groups excluding carboxylic acids is 2. The van der Waals surface area contributed by atoms with E-state index in [-0.39, 0.29) is 17.9 Å². The molecule has 1 heterocycles. The number of nitrogen functional groups attached to an aromatic ring is 1. The summed E-state index contributed by atoms with van der Waals surface area (Å²) in [5.74, 6) is -0.521. The lowest BCUT2D eigenvalue weighted by Gasteiger charge is -2.36. The van der Waals surface area contributed by atoms with Gasteiger partial charge in [0.05, 0.1) is 11.4 Å². The molecule has 1 saturated heterocycles. The van der Waals surface area contributed by atoms with Crippen molar-refractivity contribution in [2.24, 2.45) is 5.73 Å². The van der Waals surface area contributed by atoms with Crippen molar-refractivity contribution in [3.8, 4) is 0 Å². The molecule has 1 unspecified atom stereocenters. The van der Waals surface area contributed by atoms with Crippen LogP contribution in [0.15, 0.2) is 18.2 Å². The number of piperidine rings is 1. The lowest BCUT2D eigenvalue weighted by Crippen LogP contribution is -2.48. The quantitative estimate of drug-likeness (QED) is 0.698. The first kappa shape index (κ1) is 14.2. The van der Waals surface area contributed by atoms with E-state index in [1.165, 1.54) is 0 Å². The van der Waals surface area contributed by atoms with Crippen LogP contribution >= 0.6 is 0 Å². The summed E-state index contributed by atoms with van der Waals surface area (Å²) < 4.78 is 0. The van der Waals surface area contributed by atoms with Crippen molar-refractivity contribution in [3.05, 3.63) is 23.8 Å². The van der Waals surface area contributed by atoms with Crippen molar-refractivity contribution in [1.82, 2.24) is 5.32 Å². The van der Waals surface area contributed by atoms with Crippen LogP contribution in [0.4, 0.5) is 11.4 Å². The van der Waals surface area contributed by atoms with E-state index >= 15 is 0 Å². The molecule has 6 nitrogen and oxygen atoms in total. The average Bonchev–Trinajstić information content (AvgIpc) is 2.46. The molecule has 1 aliphatic rings. The van der Waals surface area contributed by atoms with Gasteiger partial charge in [-0.1, -0.05) is 0 Å². The van der Waals surface area contributed by atoms with Crippen molar-refractivity contribution in [2.45, 2.75) is 25.3 Å². The highest BCUT2D eigenvalue weighted by molar-refractivity contribution is 5.96. The first-order valence-corrected chi connectivity index (χ1v) is 6.72. The summed E-state index contributed by atoms with van der Waals surface area (Å²) in [4.78, 5) is 25.1. The second-order valence-electron chi connectivity index (χ2n) is 4.96. The van der Waals surface area contributed by atoms with Gasteiger partial charge < -0.3 is 21.7 Å². The highest BCUT2D eigenvalue weighted by Gasteiger charge is 2.28. The smallest absolute Gasteiger partial charge is 0.251 e. The number of anilines is 2. The van der Waals surface area contributed by atoms with Crippen LogP contribution in [0.2, 0.25) is 0 Å². The molecule has 6 heteroatoms. The van der Waals surface area contributed by atoms with Crippen LogP contribution in [0.1, 0.15) is 29.6 Å². The Labute approximate surface area is 118 Å². The molecule has 1 aromatic carbocycles. The van der Waals surface area contributed by atoms with Gasteiger partial charge in [0.25, 0.3) is 5.91 Å². The van der Waals surface area contributed by atoms with Gasteiger partial charge in [-0.05, 0) is 37.5 Å². The molecule has 1 aromatic rings. The molecular formula is C14H20N4O2. The minimum absolute atomic E-state index is 0.187. The van der Waals surface area contributed by atoms with Gasteiger partial charge in [-0.3, -0.25) is 9.59 Å². The third-order valence-corrected chi connectivity index (χ3v) is 3.66. The molecule has 0 spiro atoms. The largest absolute Gasteiger partial charge is 0.397 e. The molecule has 1 atom stereocenters. The molecule has 1 fully saturated rings. The van der Waals surface area contributed by atoms with Gasteiger partial charge in [0.15, 0.2) is 0 Å². The maximum absolute atomic E-state index is 11.6. The van der Waals surface area contributed by atoms with E-state index in [1.54, 1.807) is 25.2 Å². The molecule has 1 aliphatic heterocycles. The zero-order valence-corrected chi connectivity index (χ0v) is 11.6. The van der Waals surface area contributed by atoms with Crippen LogP contribution in [0, 0.1) is 0 Å². The minimum Gasteiger partial charge on any atom is -0.397 e. The molecule has 20 heavy (non-hydrogen) atoms. The van der Waals surface area contributed by atoms with Crippen molar-refractivity contribution in [2.75, 3.05) is 24.2 Å². The zero-order chi connectivity index (χ0) is 14.7. The van der Waals surface area contributed by atoms with Crippen LogP contribution < -0.4 is 21.7 Å². The van der Waals surface area contributed by atoms with Crippen LogP contribution in [0.25, 0.3) is 0 Å². The van der Waals surface area contributed by atoms with Crippen molar-refractivity contribution in [1.29, 1.82) is 0 Å². The number of carbonyl (C=O) groups is 2. The predicted molar refractivity (Wildman–Crippen MR) is 78.4 cm³/mol. The molecule has 0 aliphatic carbocycles. The molecule has 108 valence electrons. The number of hydrogen-bond acceptors (Lipinski definition) is 4. The summed E-state index contributed by atoms with van der Waals surface area (Å²) in [5, 5.41) is 2.55. The number of primary amides is 1. The van der Waals surface area contributed by atoms with Crippen molar-refractivity contribution in [3.63, 3.8) is 0 Å². The summed E-state index contributed by atoms with van der Waals surface area (Å²) in [7, 11) is 1.57. The van der Waals surface area contributed by atoms with E-state index in [4.69, 9.17) is 11.5 Å². The number of benzene rings is 1. The monoisotopic (exact) mass is 276 g/mol. The van der Waals surface area contributed by atoms with E-state index < -0.39 is 0 Å². The molecule has 5 N–H and O–H groups in total. The maximum Gasteiger partial charge on any atom is 0.251 e. The summed E-state index contributed by atoms with van der Waals surface area (Å²) in [6.07, 6.45) is 2.73. The number of rotatable bonds is 3. The van der Waals surface area contributed by atoms with Gasteiger partial charge in [-0.25, -0.2) is 0 Å². The third kappa shape index (κ3) is 2.68. The Hall–Kier alpha value is -2.24. The minimum atomic E-state index is -0.334. The van der Waals surface area contributed by atoms with Gasteiger partial charge in [-0.2, -0.15) is 0 Å². The zero-order valence-electron chi connectivity index (χ0n) is 11.6. The van der Waals surface area contributed by atoms with Gasteiger partial charge in [0, 0.05) is 19.2 Å². The summed E-state index contributed by atoms with van der Waals surface area (Å²) >= 11 is 0. The molecule has 0 saturated carbocycles. The number of amides is 2. The highest BCUT2D eigenvalue weighted by atomic mass is 16.2. The summed E-state index contributed by atoms with van der Waals surface area (Å²) in [5.41, 5.74) is 13.2. The van der Waals surface area contributed by atoms with Crippen LogP contribution in [-0.4, -0.2) is 31.4 Å². The maximum atomic E-state index is 11.6. The van der Waals surface area contributed by atoms with Gasteiger partial charge in [0.2, 0.25) is 5.91 Å². The summed E-state index contributed by atoms with van der Waals surface area (Å²) in [6, 6.07) is 4.79. The van der Waals surface area contributed by atoms with E-state index in [1.807, 2.05) is 4.90 Å². The first-order chi connectivity index (χ1) is 9.54. The number of nitrogens with two attached hydrogens (primary N) is 2. The Balaban J connectivity index is 2.31. The highest BCUT2D eigenvalue weighted by Crippen LogP contribution is 2.30. The predicted octanol–water partition coefficient (Wildman–Crippen LogP) is 0.473. The lowest BCUT2D eigenvalue weighted by atomic mass is 10.00. The lowest BCUT2D eigenvalue weighted by molar-refractivity contribution is -0.119. The average molecular weight is 276 g/mol. The van der Waals surface area contributed by atoms with Gasteiger partial charge in [-0.15, -0.1) is 0 Å². The SMILES string of the molecule is CNC(=O)c1ccc(N2CCCCC2C(N)=O)c(N)c1. The van der Waals surface area contributed by atoms with Crippen LogP contribution in [-0.2, 0) is 4.79 Å². The Morgan fingerprint density at radius 2 is 2.10 bits per heavy atom. The molecule has 0 bridgehead atoms. The van der Waals surface area contributed by atoms with Crippen LogP contribution in [0.5, 0.6) is 0 Å². The van der Waals surface area contributed by atoms with Crippen molar-refractivity contribution < 1.29 is 9.59 Å². The normalized spacial score (nSPS) is 18.6. The van der Waals surface area contributed by atoms with E-state index in [0.29, 0.717) is 11.3 Å². The fourth-order valence-electron chi connectivity index (χ4n) is 2.62. The fraction of sp³-hybridized carbons (Fsp3) is 0.429. The van der Waals surface area contributed by atoms with Crippen molar-refractivity contribution >= 4 is 23.2 Å². The molecular weight excluding hydrogens is 256 g/mol. The summed E-state index contributed by atoms with van der Waals surface area (Å²) in [6.45, 7) is 0.747. The number of hydrogen-bond donors (Lipinski definition) is 3. The Bertz CT molecular complexity index is 530.